The second kappa shape index (κ2) is 12.8. The Kier molecular flexibility index (Phi) is 9.62. The zero-order valence-corrected chi connectivity index (χ0v) is 31.0. The molecule has 3 aromatic heterocycles. The standard InChI is InChI=1S/C32H45BrClN7O3Si/c1-31(2,3)44-30(42)35-19-32(4)11-13-40(14-12-32)29-27(33)36-26-22(21-9-10-24-23(25(21)34)17-39(5)38-24)18-41(28(26)37-29)20-43-15-16-45(6,7)8/h9-10,17-18H,11-16,19-20H2,1-8H3,(H,35,42). The van der Waals surface area contributed by atoms with E-state index >= 15 is 0 Å². The zero-order chi connectivity index (χ0) is 32.7. The van der Waals surface area contributed by atoms with E-state index < -0.39 is 13.7 Å². The van der Waals surface area contributed by atoms with E-state index in [4.69, 9.17) is 31.0 Å². The first-order chi connectivity index (χ1) is 21.0. The van der Waals surface area contributed by atoms with Crippen molar-refractivity contribution in [1.29, 1.82) is 0 Å². The van der Waals surface area contributed by atoms with Gasteiger partial charge < -0.3 is 24.3 Å². The van der Waals surface area contributed by atoms with Crippen molar-refractivity contribution < 1.29 is 14.3 Å². The molecule has 45 heavy (non-hydrogen) atoms. The molecule has 4 heterocycles. The van der Waals surface area contributed by atoms with E-state index in [-0.39, 0.29) is 11.5 Å². The molecule has 1 saturated heterocycles. The van der Waals surface area contributed by atoms with Crippen LogP contribution in [0, 0.1) is 5.41 Å². The summed E-state index contributed by atoms with van der Waals surface area (Å²) in [4.78, 5) is 24.8. The van der Waals surface area contributed by atoms with E-state index in [0.717, 1.165) is 71.0 Å². The highest BCUT2D eigenvalue weighted by Crippen LogP contribution is 2.40. The van der Waals surface area contributed by atoms with E-state index in [9.17, 15) is 4.79 Å². The third kappa shape index (κ3) is 8.01. The number of carbonyl (C=O) groups excluding carboxylic acids is 1. The van der Waals surface area contributed by atoms with Gasteiger partial charge >= 0.3 is 6.09 Å². The molecule has 5 rings (SSSR count). The number of nitrogens with zero attached hydrogens (tertiary/aromatic N) is 6. The van der Waals surface area contributed by atoms with Crippen molar-refractivity contribution >= 4 is 69.6 Å². The van der Waals surface area contributed by atoms with Gasteiger partial charge in [-0.1, -0.05) is 44.2 Å². The fraction of sp³-hybridized carbons (Fsp3) is 0.562. The molecule has 0 bridgehead atoms. The molecule has 1 amide bonds. The molecule has 0 atom stereocenters. The van der Waals surface area contributed by atoms with Gasteiger partial charge in [0.15, 0.2) is 11.5 Å². The predicted octanol–water partition coefficient (Wildman–Crippen LogP) is 7.84. The average molecular weight is 719 g/mol. The topological polar surface area (TPSA) is 99.3 Å². The fourth-order valence-electron chi connectivity index (χ4n) is 5.52. The van der Waals surface area contributed by atoms with Crippen molar-refractivity contribution in [2.24, 2.45) is 12.5 Å². The van der Waals surface area contributed by atoms with Crippen LogP contribution in [-0.2, 0) is 23.3 Å². The number of hydrogen-bond acceptors (Lipinski definition) is 7. The molecule has 0 aliphatic carbocycles. The fourth-order valence-corrected chi connectivity index (χ4v) is 7.10. The molecule has 13 heteroatoms. The number of aryl methyl sites for hydroxylation is 1. The lowest BCUT2D eigenvalue weighted by Gasteiger charge is -2.40. The molecular formula is C32H45BrClN7O3Si. The van der Waals surface area contributed by atoms with Gasteiger partial charge in [0, 0.05) is 70.3 Å². The summed E-state index contributed by atoms with van der Waals surface area (Å²) in [6.07, 6.45) is 5.39. The molecule has 0 unspecified atom stereocenters. The van der Waals surface area contributed by atoms with Gasteiger partial charge in [0.25, 0.3) is 0 Å². The number of carbonyl (C=O) groups is 1. The third-order valence-electron chi connectivity index (χ3n) is 8.21. The average Bonchev–Trinajstić information content (AvgIpc) is 3.49. The van der Waals surface area contributed by atoms with E-state index in [2.05, 4.69) is 64.0 Å². The molecule has 0 saturated carbocycles. The summed E-state index contributed by atoms with van der Waals surface area (Å²) < 4.78 is 16.1. The molecule has 4 aromatic rings. The zero-order valence-electron chi connectivity index (χ0n) is 27.6. The highest BCUT2D eigenvalue weighted by Gasteiger charge is 2.33. The molecule has 1 aliphatic rings. The van der Waals surface area contributed by atoms with Crippen LogP contribution in [0.5, 0.6) is 0 Å². The van der Waals surface area contributed by atoms with Gasteiger partial charge in [-0.15, -0.1) is 0 Å². The van der Waals surface area contributed by atoms with Crippen molar-refractivity contribution in [3.8, 4) is 11.1 Å². The van der Waals surface area contributed by atoms with E-state index in [0.29, 0.717) is 29.5 Å². The smallest absolute Gasteiger partial charge is 0.407 e. The normalized spacial score (nSPS) is 15.6. The van der Waals surface area contributed by atoms with Crippen molar-refractivity contribution in [3.05, 3.63) is 34.2 Å². The molecule has 1 N–H and O–H groups in total. The molecular weight excluding hydrogens is 674 g/mol. The van der Waals surface area contributed by atoms with Crippen LogP contribution in [0.15, 0.2) is 29.1 Å². The van der Waals surface area contributed by atoms with Crippen molar-refractivity contribution in [2.75, 3.05) is 31.1 Å². The predicted molar refractivity (Wildman–Crippen MR) is 188 cm³/mol. The number of piperidine rings is 1. The van der Waals surface area contributed by atoms with Crippen LogP contribution in [-0.4, -0.2) is 70.3 Å². The number of amides is 1. The molecule has 0 radical (unpaired) electrons. The molecule has 0 spiro atoms. The summed E-state index contributed by atoms with van der Waals surface area (Å²) in [5.41, 5.74) is 3.56. The Morgan fingerprint density at radius 1 is 1.13 bits per heavy atom. The lowest BCUT2D eigenvalue weighted by molar-refractivity contribution is 0.0495. The lowest BCUT2D eigenvalue weighted by Crippen LogP contribution is -2.46. The quantitative estimate of drug-likeness (QED) is 0.139. The minimum atomic E-state index is -1.23. The number of aromatic nitrogens is 5. The molecule has 244 valence electrons. The summed E-state index contributed by atoms with van der Waals surface area (Å²) in [7, 11) is 0.661. The van der Waals surface area contributed by atoms with Gasteiger partial charge in [-0.25, -0.2) is 14.8 Å². The number of benzene rings is 1. The first-order valence-corrected chi connectivity index (χ1v) is 20.4. The van der Waals surface area contributed by atoms with Crippen molar-refractivity contribution in [1.82, 2.24) is 29.6 Å². The minimum absolute atomic E-state index is 0.0449. The van der Waals surface area contributed by atoms with Crippen LogP contribution in [0.1, 0.15) is 40.5 Å². The van der Waals surface area contributed by atoms with E-state index in [1.165, 1.54) is 0 Å². The summed E-state index contributed by atoms with van der Waals surface area (Å²) in [6.45, 7) is 18.1. The van der Waals surface area contributed by atoms with Gasteiger partial charge in [0.1, 0.15) is 22.5 Å². The largest absolute Gasteiger partial charge is 0.444 e. The Morgan fingerprint density at radius 2 is 1.84 bits per heavy atom. The Balaban J connectivity index is 1.42. The number of nitrogens with one attached hydrogen (secondary N) is 1. The monoisotopic (exact) mass is 717 g/mol. The number of fused-ring (bicyclic) bond motifs is 2. The van der Waals surface area contributed by atoms with Gasteiger partial charge in [-0.3, -0.25) is 4.68 Å². The van der Waals surface area contributed by atoms with E-state index in [1.54, 1.807) is 4.68 Å². The highest BCUT2D eigenvalue weighted by molar-refractivity contribution is 9.10. The number of rotatable bonds is 9. The number of hydrogen-bond donors (Lipinski definition) is 1. The highest BCUT2D eigenvalue weighted by atomic mass is 79.9. The van der Waals surface area contributed by atoms with Crippen LogP contribution in [0.2, 0.25) is 30.7 Å². The van der Waals surface area contributed by atoms with Crippen molar-refractivity contribution in [3.63, 3.8) is 0 Å². The van der Waals surface area contributed by atoms with Gasteiger partial charge in [-0.2, -0.15) is 5.10 Å². The number of halogens is 2. The SMILES string of the molecule is Cn1cc2c(Cl)c(-c3cn(COCC[Si](C)(C)C)c4nc(N5CCC(C)(CNC(=O)OC(C)(C)C)CC5)c(Br)nc34)ccc2n1. The molecule has 1 aliphatic heterocycles. The third-order valence-corrected chi connectivity index (χ3v) is 10.9. The maximum absolute atomic E-state index is 12.3. The summed E-state index contributed by atoms with van der Waals surface area (Å²) in [6, 6.07) is 5.08. The van der Waals surface area contributed by atoms with E-state index in [1.807, 2.05) is 50.7 Å². The summed E-state index contributed by atoms with van der Waals surface area (Å²) >= 11 is 10.7. The Bertz CT molecular complexity index is 1700. The number of anilines is 1. The van der Waals surface area contributed by atoms with Crippen LogP contribution in [0.25, 0.3) is 33.2 Å². The van der Waals surface area contributed by atoms with Crippen LogP contribution >= 0.6 is 27.5 Å². The molecule has 1 aromatic carbocycles. The molecule has 10 nitrogen and oxygen atoms in total. The minimum Gasteiger partial charge on any atom is -0.444 e. The second-order valence-corrected chi connectivity index (χ2v) is 21.4. The summed E-state index contributed by atoms with van der Waals surface area (Å²) in [5, 5.41) is 9.01. The first-order valence-electron chi connectivity index (χ1n) is 15.5. The Morgan fingerprint density at radius 3 is 2.51 bits per heavy atom. The number of alkyl carbamates (subject to hydrolysis) is 1. The Labute approximate surface area is 279 Å². The Hall–Kier alpha value is -2.67. The lowest BCUT2D eigenvalue weighted by atomic mass is 9.80. The maximum Gasteiger partial charge on any atom is 0.407 e. The first kappa shape index (κ1) is 33.7. The maximum atomic E-state index is 12.3. The molecule has 1 fully saturated rings. The van der Waals surface area contributed by atoms with Crippen LogP contribution < -0.4 is 10.2 Å². The van der Waals surface area contributed by atoms with Crippen LogP contribution in [0.4, 0.5) is 10.6 Å². The van der Waals surface area contributed by atoms with Gasteiger partial charge in [-0.05, 0) is 67.1 Å². The summed E-state index contributed by atoms with van der Waals surface area (Å²) in [5.74, 6) is 0.798. The van der Waals surface area contributed by atoms with Gasteiger partial charge in [0.05, 0.1) is 10.5 Å². The second-order valence-electron chi connectivity index (χ2n) is 14.7. The van der Waals surface area contributed by atoms with Crippen molar-refractivity contribution in [2.45, 2.75) is 78.6 Å². The van der Waals surface area contributed by atoms with Crippen LogP contribution in [0.3, 0.4) is 0 Å². The van der Waals surface area contributed by atoms with Gasteiger partial charge in [0.2, 0.25) is 0 Å². The number of ether oxygens (including phenoxy) is 2.